The normalized spacial score (nSPS) is 9.64. The fourth-order valence-corrected chi connectivity index (χ4v) is 1.99. The van der Waals surface area contributed by atoms with Crippen LogP contribution in [0.1, 0.15) is 11.1 Å². The zero-order chi connectivity index (χ0) is 16.9. The summed E-state index contributed by atoms with van der Waals surface area (Å²) in [6.45, 7) is 0. The molecule has 0 atom stereocenters. The van der Waals surface area contributed by atoms with E-state index in [1.807, 2.05) is 0 Å². The predicted molar refractivity (Wildman–Crippen MR) is 71.3 cm³/mol. The average molecular weight is 366 g/mol. The Bertz CT molecular complexity index is 797. The number of nitriles is 4. The largest absolute Gasteiger partial charge is 0.418 e. The van der Waals surface area contributed by atoms with E-state index in [-0.39, 0.29) is 10.0 Å². The summed E-state index contributed by atoms with van der Waals surface area (Å²) in [7, 11) is 0. The van der Waals surface area contributed by atoms with Gasteiger partial charge in [-0.05, 0) is 28.1 Å². The second-order valence-electron chi connectivity index (χ2n) is 3.70. The molecule has 0 aliphatic carbocycles. The third-order valence-electron chi connectivity index (χ3n) is 2.36. The number of nitrogens with zero attached hydrogens (tertiary/aromatic N) is 4. The van der Waals surface area contributed by atoms with Gasteiger partial charge < -0.3 is 5.32 Å². The molecule has 5 nitrogen and oxygen atoms in total. The summed E-state index contributed by atoms with van der Waals surface area (Å²) < 4.78 is 39.1. The smallest absolute Gasteiger partial charge is 0.344 e. The van der Waals surface area contributed by atoms with Crippen LogP contribution in [0.2, 0.25) is 0 Å². The first-order chi connectivity index (χ1) is 10.3. The molecule has 0 unspecified atom stereocenters. The van der Waals surface area contributed by atoms with Gasteiger partial charge in [0.25, 0.3) is 0 Å². The maximum Gasteiger partial charge on any atom is 0.418 e. The van der Waals surface area contributed by atoms with Crippen molar-refractivity contribution < 1.29 is 13.2 Å². The molecule has 0 spiro atoms. The number of hydrogen-bond acceptors (Lipinski definition) is 5. The van der Waals surface area contributed by atoms with Crippen LogP contribution < -0.4 is 5.32 Å². The SMILES string of the molecule is N#CC(C#N)=C(C#N)Nc1c(Br)cc(C#N)cc1C(F)(F)F. The Labute approximate surface area is 131 Å². The summed E-state index contributed by atoms with van der Waals surface area (Å²) in [6, 6.07) is 7.57. The van der Waals surface area contributed by atoms with E-state index in [1.54, 1.807) is 6.07 Å². The van der Waals surface area contributed by atoms with Gasteiger partial charge in [-0.15, -0.1) is 0 Å². The Morgan fingerprint density at radius 1 is 1.05 bits per heavy atom. The molecular weight excluding hydrogens is 363 g/mol. The van der Waals surface area contributed by atoms with Crippen molar-refractivity contribution in [1.82, 2.24) is 0 Å². The fourth-order valence-electron chi connectivity index (χ4n) is 1.43. The van der Waals surface area contributed by atoms with E-state index in [2.05, 4.69) is 21.2 Å². The van der Waals surface area contributed by atoms with Gasteiger partial charge in [-0.2, -0.15) is 34.2 Å². The number of hydrogen-bond donors (Lipinski definition) is 1. The van der Waals surface area contributed by atoms with Crippen molar-refractivity contribution in [2.45, 2.75) is 6.18 Å². The molecule has 0 radical (unpaired) electrons. The van der Waals surface area contributed by atoms with Crippen molar-refractivity contribution in [2.24, 2.45) is 0 Å². The molecule has 108 valence electrons. The van der Waals surface area contributed by atoms with Gasteiger partial charge in [0.2, 0.25) is 0 Å². The van der Waals surface area contributed by atoms with Gasteiger partial charge in [0.1, 0.15) is 23.9 Å². The Hall–Kier alpha value is -3.01. The minimum Gasteiger partial charge on any atom is -0.344 e. The molecule has 1 aromatic carbocycles. The van der Waals surface area contributed by atoms with E-state index in [0.717, 1.165) is 6.07 Å². The summed E-state index contributed by atoms with van der Waals surface area (Å²) in [5.74, 6) is 0. The summed E-state index contributed by atoms with van der Waals surface area (Å²) >= 11 is 2.87. The minimum atomic E-state index is -4.81. The van der Waals surface area contributed by atoms with E-state index in [4.69, 9.17) is 21.0 Å². The Kier molecular flexibility index (Phi) is 5.13. The first-order valence-electron chi connectivity index (χ1n) is 5.31. The summed E-state index contributed by atoms with van der Waals surface area (Å²) in [5.41, 5.74) is -3.30. The quantitative estimate of drug-likeness (QED) is 0.805. The Balaban J connectivity index is 3.61. The lowest BCUT2D eigenvalue weighted by molar-refractivity contribution is -0.137. The highest BCUT2D eigenvalue weighted by molar-refractivity contribution is 9.10. The van der Waals surface area contributed by atoms with Crippen LogP contribution in [0, 0.1) is 45.3 Å². The molecule has 0 heterocycles. The van der Waals surface area contributed by atoms with Crippen LogP contribution in [0.4, 0.5) is 18.9 Å². The van der Waals surface area contributed by atoms with Crippen molar-refractivity contribution in [1.29, 1.82) is 21.0 Å². The van der Waals surface area contributed by atoms with Crippen LogP contribution in [0.5, 0.6) is 0 Å². The van der Waals surface area contributed by atoms with Crippen molar-refractivity contribution in [3.8, 4) is 24.3 Å². The molecule has 0 saturated carbocycles. The van der Waals surface area contributed by atoms with E-state index < -0.39 is 28.7 Å². The molecule has 0 bridgehead atoms. The summed E-state index contributed by atoms with van der Waals surface area (Å²) in [4.78, 5) is 0. The van der Waals surface area contributed by atoms with Gasteiger partial charge in [0.05, 0.1) is 22.9 Å². The lowest BCUT2D eigenvalue weighted by Crippen LogP contribution is -2.12. The number of alkyl halides is 3. The lowest BCUT2D eigenvalue weighted by atomic mass is 10.1. The molecule has 0 aliphatic rings. The van der Waals surface area contributed by atoms with Crippen molar-refractivity contribution in [3.63, 3.8) is 0 Å². The number of benzene rings is 1. The first kappa shape index (κ1) is 17.0. The third kappa shape index (κ3) is 3.55. The minimum absolute atomic E-state index is 0.137. The van der Waals surface area contributed by atoms with Crippen LogP contribution in [0.25, 0.3) is 0 Å². The van der Waals surface area contributed by atoms with Gasteiger partial charge in [-0.3, -0.25) is 0 Å². The molecule has 1 N–H and O–H groups in total. The van der Waals surface area contributed by atoms with E-state index >= 15 is 0 Å². The highest BCUT2D eigenvalue weighted by Crippen LogP contribution is 2.40. The van der Waals surface area contributed by atoms with Crippen molar-refractivity contribution >= 4 is 21.6 Å². The monoisotopic (exact) mass is 365 g/mol. The van der Waals surface area contributed by atoms with E-state index in [9.17, 15) is 13.2 Å². The van der Waals surface area contributed by atoms with Crippen molar-refractivity contribution in [2.75, 3.05) is 5.32 Å². The number of anilines is 1. The van der Waals surface area contributed by atoms with Gasteiger partial charge in [0, 0.05) is 4.47 Å². The molecule has 1 aromatic rings. The van der Waals surface area contributed by atoms with Gasteiger partial charge in [0.15, 0.2) is 5.57 Å². The zero-order valence-electron chi connectivity index (χ0n) is 10.5. The molecular formula is C13H3BrF3N5. The molecule has 0 aliphatic heterocycles. The fraction of sp³-hybridized carbons (Fsp3) is 0.0769. The highest BCUT2D eigenvalue weighted by atomic mass is 79.9. The van der Waals surface area contributed by atoms with Crippen LogP contribution in [0.15, 0.2) is 27.9 Å². The van der Waals surface area contributed by atoms with E-state index in [1.165, 1.54) is 18.2 Å². The maximum atomic E-state index is 13.1. The van der Waals surface area contributed by atoms with Gasteiger partial charge in [-0.25, -0.2) is 0 Å². The number of halogens is 4. The maximum absolute atomic E-state index is 13.1. The predicted octanol–water partition coefficient (Wildman–Crippen LogP) is 3.58. The Morgan fingerprint density at radius 2 is 1.64 bits per heavy atom. The second kappa shape index (κ2) is 6.63. The summed E-state index contributed by atoms with van der Waals surface area (Å²) in [5, 5.41) is 37.1. The van der Waals surface area contributed by atoms with Crippen LogP contribution >= 0.6 is 15.9 Å². The molecule has 0 saturated heterocycles. The molecule has 0 aromatic heterocycles. The summed E-state index contributed by atoms with van der Waals surface area (Å²) in [6.07, 6.45) is -4.81. The van der Waals surface area contributed by atoms with Crippen LogP contribution in [-0.2, 0) is 6.18 Å². The average Bonchev–Trinajstić information content (AvgIpc) is 2.47. The first-order valence-corrected chi connectivity index (χ1v) is 6.10. The molecule has 22 heavy (non-hydrogen) atoms. The standard InChI is InChI=1S/C13H3BrF3N5/c14-10-2-7(3-18)1-9(13(15,16)17)12(10)22-11(6-21)8(4-19)5-20/h1-2,22H. The molecule has 1 rings (SSSR count). The number of rotatable bonds is 2. The highest BCUT2D eigenvalue weighted by Gasteiger charge is 2.35. The van der Waals surface area contributed by atoms with Gasteiger partial charge in [-0.1, -0.05) is 0 Å². The number of allylic oxidation sites excluding steroid dienone is 2. The second-order valence-corrected chi connectivity index (χ2v) is 4.55. The van der Waals surface area contributed by atoms with Gasteiger partial charge >= 0.3 is 6.18 Å². The zero-order valence-corrected chi connectivity index (χ0v) is 12.0. The molecule has 0 fully saturated rings. The topological polar surface area (TPSA) is 107 Å². The Morgan fingerprint density at radius 3 is 2.05 bits per heavy atom. The third-order valence-corrected chi connectivity index (χ3v) is 2.99. The lowest BCUT2D eigenvalue weighted by Gasteiger charge is -2.16. The molecule has 9 heteroatoms. The van der Waals surface area contributed by atoms with Crippen molar-refractivity contribution in [3.05, 3.63) is 39.0 Å². The van der Waals surface area contributed by atoms with Crippen LogP contribution in [-0.4, -0.2) is 0 Å². The molecule has 0 amide bonds. The van der Waals surface area contributed by atoms with E-state index in [0.29, 0.717) is 6.07 Å². The number of nitrogens with one attached hydrogen (secondary N) is 1. The van der Waals surface area contributed by atoms with Crippen LogP contribution in [0.3, 0.4) is 0 Å².